The number of H-pyrrole nitrogens is 1. The van der Waals surface area contributed by atoms with E-state index < -0.39 is 6.10 Å². The zero-order valence-corrected chi connectivity index (χ0v) is 14.6. The minimum absolute atomic E-state index is 0.189. The number of hydrogen-bond acceptors (Lipinski definition) is 5. The minimum Gasteiger partial charge on any atom is -0.454 e. The summed E-state index contributed by atoms with van der Waals surface area (Å²) in [5, 5.41) is 0.615. The number of carbonyl (C=O) groups is 1. The highest BCUT2D eigenvalue weighted by molar-refractivity contribution is 7.18. The van der Waals surface area contributed by atoms with Crippen LogP contribution in [-0.2, 0) is 16.0 Å². The smallest absolute Gasteiger partial charge is 0.310 e. The van der Waals surface area contributed by atoms with Crippen molar-refractivity contribution in [3.8, 4) is 0 Å². The molecule has 0 fully saturated rings. The summed E-state index contributed by atoms with van der Waals surface area (Å²) in [6.07, 6.45) is -0.421. The van der Waals surface area contributed by atoms with E-state index in [2.05, 4.69) is 9.97 Å². The Hall–Kier alpha value is -2.47. The van der Waals surface area contributed by atoms with Gasteiger partial charge >= 0.3 is 5.97 Å². The Morgan fingerprint density at radius 2 is 2.00 bits per heavy atom. The first-order valence-corrected chi connectivity index (χ1v) is 8.50. The van der Waals surface area contributed by atoms with E-state index in [4.69, 9.17) is 4.74 Å². The SMILES string of the molecule is Cc1sc2nc([C@H](C)OC(=O)Cc3ccccc3)[nH]c(=O)c2c1C. The van der Waals surface area contributed by atoms with Crippen molar-refractivity contribution in [3.05, 3.63) is 62.5 Å². The summed E-state index contributed by atoms with van der Waals surface area (Å²) in [7, 11) is 0. The average molecular weight is 342 g/mol. The van der Waals surface area contributed by atoms with Gasteiger partial charge in [-0.1, -0.05) is 30.3 Å². The molecular formula is C18H18N2O3S. The molecule has 0 spiro atoms. The number of aromatic amines is 1. The third kappa shape index (κ3) is 3.23. The summed E-state index contributed by atoms with van der Waals surface area (Å²) in [5.41, 5.74) is 1.64. The van der Waals surface area contributed by atoms with E-state index in [1.54, 1.807) is 6.92 Å². The number of hydrogen-bond donors (Lipinski definition) is 1. The lowest BCUT2D eigenvalue weighted by Gasteiger charge is -2.12. The van der Waals surface area contributed by atoms with Crippen LogP contribution in [0, 0.1) is 13.8 Å². The standard InChI is InChI=1S/C18H18N2O3S/c1-10-12(3)24-18-15(10)17(22)19-16(20-18)11(2)23-14(21)9-13-7-5-4-6-8-13/h4-8,11H,9H2,1-3H3,(H,19,20,22)/t11-/m0/s1. The molecule has 2 heterocycles. The largest absolute Gasteiger partial charge is 0.454 e. The maximum atomic E-state index is 12.3. The second kappa shape index (κ2) is 6.57. The lowest BCUT2D eigenvalue weighted by molar-refractivity contribution is -0.148. The molecule has 3 aromatic rings. The van der Waals surface area contributed by atoms with Crippen LogP contribution >= 0.6 is 11.3 Å². The summed E-state index contributed by atoms with van der Waals surface area (Å²) in [5.74, 6) is 0.0187. The van der Waals surface area contributed by atoms with E-state index in [1.807, 2.05) is 44.2 Å². The van der Waals surface area contributed by atoms with E-state index in [9.17, 15) is 9.59 Å². The van der Waals surface area contributed by atoms with Gasteiger partial charge in [0.2, 0.25) is 0 Å². The normalized spacial score (nSPS) is 12.3. The number of thiophene rings is 1. The van der Waals surface area contributed by atoms with Crippen molar-refractivity contribution < 1.29 is 9.53 Å². The number of nitrogens with zero attached hydrogens (tertiary/aromatic N) is 1. The molecule has 0 radical (unpaired) electrons. The number of ether oxygens (including phenoxy) is 1. The molecule has 0 amide bonds. The van der Waals surface area contributed by atoms with Crippen LogP contribution in [-0.4, -0.2) is 15.9 Å². The Morgan fingerprint density at radius 1 is 1.29 bits per heavy atom. The highest BCUT2D eigenvalue weighted by Crippen LogP contribution is 2.26. The van der Waals surface area contributed by atoms with Gasteiger partial charge in [0.25, 0.3) is 5.56 Å². The van der Waals surface area contributed by atoms with Gasteiger partial charge in [0.1, 0.15) is 4.83 Å². The van der Waals surface area contributed by atoms with Gasteiger partial charge in [-0.2, -0.15) is 0 Å². The van der Waals surface area contributed by atoms with Gasteiger partial charge in [0, 0.05) is 4.88 Å². The highest BCUT2D eigenvalue weighted by Gasteiger charge is 2.18. The maximum Gasteiger partial charge on any atom is 0.310 e. The van der Waals surface area contributed by atoms with Gasteiger partial charge < -0.3 is 9.72 Å². The molecule has 0 aliphatic heterocycles. The summed E-state index contributed by atoms with van der Waals surface area (Å²) in [6, 6.07) is 9.39. The van der Waals surface area contributed by atoms with Gasteiger partial charge in [-0.25, -0.2) is 4.98 Å². The molecule has 0 bridgehead atoms. The van der Waals surface area contributed by atoms with E-state index in [0.717, 1.165) is 16.0 Å². The first-order chi connectivity index (χ1) is 11.5. The van der Waals surface area contributed by atoms with Crippen LogP contribution in [0.4, 0.5) is 0 Å². The Labute approximate surface area is 143 Å². The van der Waals surface area contributed by atoms with Gasteiger partial charge in [-0.05, 0) is 31.9 Å². The van der Waals surface area contributed by atoms with Crippen molar-refractivity contribution in [1.82, 2.24) is 9.97 Å². The van der Waals surface area contributed by atoms with Crippen LogP contribution in [0.15, 0.2) is 35.1 Å². The monoisotopic (exact) mass is 342 g/mol. The second-order valence-electron chi connectivity index (χ2n) is 5.71. The van der Waals surface area contributed by atoms with E-state index in [-0.39, 0.29) is 17.9 Å². The predicted molar refractivity (Wildman–Crippen MR) is 94.4 cm³/mol. The van der Waals surface area contributed by atoms with Crippen molar-refractivity contribution >= 4 is 27.5 Å². The molecule has 24 heavy (non-hydrogen) atoms. The number of nitrogens with one attached hydrogen (secondary N) is 1. The third-order valence-electron chi connectivity index (χ3n) is 3.94. The molecule has 1 aromatic carbocycles. The number of fused-ring (bicyclic) bond motifs is 1. The number of benzene rings is 1. The summed E-state index contributed by atoms with van der Waals surface area (Å²) < 4.78 is 5.41. The van der Waals surface area contributed by atoms with Crippen LogP contribution in [0.25, 0.3) is 10.2 Å². The lowest BCUT2D eigenvalue weighted by Crippen LogP contribution is -2.18. The second-order valence-corrected chi connectivity index (χ2v) is 6.91. The molecule has 1 N–H and O–H groups in total. The Morgan fingerprint density at radius 3 is 2.71 bits per heavy atom. The Bertz CT molecular complexity index is 944. The van der Waals surface area contributed by atoms with Gasteiger partial charge in [0.05, 0.1) is 11.8 Å². The van der Waals surface area contributed by atoms with Crippen LogP contribution in [0.1, 0.15) is 34.9 Å². The number of esters is 1. The summed E-state index contributed by atoms with van der Waals surface area (Å²) in [4.78, 5) is 33.3. The van der Waals surface area contributed by atoms with Crippen LogP contribution in [0.2, 0.25) is 0 Å². The molecule has 0 aliphatic carbocycles. The molecule has 0 saturated heterocycles. The fourth-order valence-electron chi connectivity index (χ4n) is 2.52. The fraction of sp³-hybridized carbons (Fsp3) is 0.278. The zero-order chi connectivity index (χ0) is 17.3. The minimum atomic E-state index is -0.610. The van der Waals surface area contributed by atoms with E-state index >= 15 is 0 Å². The third-order valence-corrected chi connectivity index (χ3v) is 5.04. The number of rotatable bonds is 4. The topological polar surface area (TPSA) is 72.0 Å². The molecule has 0 unspecified atom stereocenters. The number of aryl methyl sites for hydroxylation is 2. The zero-order valence-electron chi connectivity index (χ0n) is 13.8. The van der Waals surface area contributed by atoms with Crippen LogP contribution in [0.3, 0.4) is 0 Å². The molecule has 6 heteroatoms. The Balaban J connectivity index is 1.80. The average Bonchev–Trinajstić information content (AvgIpc) is 2.83. The van der Waals surface area contributed by atoms with Crippen molar-refractivity contribution in [2.24, 2.45) is 0 Å². The maximum absolute atomic E-state index is 12.3. The van der Waals surface area contributed by atoms with Crippen molar-refractivity contribution in [2.45, 2.75) is 33.3 Å². The Kier molecular flexibility index (Phi) is 4.49. The van der Waals surface area contributed by atoms with Crippen molar-refractivity contribution in [2.75, 3.05) is 0 Å². The molecule has 124 valence electrons. The highest BCUT2D eigenvalue weighted by atomic mass is 32.1. The summed E-state index contributed by atoms with van der Waals surface area (Å²) in [6.45, 7) is 5.58. The molecule has 2 aromatic heterocycles. The van der Waals surface area contributed by atoms with Gasteiger partial charge in [0.15, 0.2) is 11.9 Å². The first-order valence-electron chi connectivity index (χ1n) is 7.69. The molecule has 0 saturated carbocycles. The quantitative estimate of drug-likeness (QED) is 0.737. The molecular weight excluding hydrogens is 324 g/mol. The van der Waals surface area contributed by atoms with Crippen molar-refractivity contribution in [1.29, 1.82) is 0 Å². The van der Waals surface area contributed by atoms with Crippen LogP contribution in [0.5, 0.6) is 0 Å². The summed E-state index contributed by atoms with van der Waals surface area (Å²) >= 11 is 1.47. The van der Waals surface area contributed by atoms with Gasteiger partial charge in [-0.15, -0.1) is 11.3 Å². The van der Waals surface area contributed by atoms with Crippen LogP contribution < -0.4 is 5.56 Å². The fourth-order valence-corrected chi connectivity index (χ4v) is 3.56. The predicted octanol–water partition coefficient (Wildman–Crippen LogP) is 3.45. The molecule has 1 atom stereocenters. The number of aromatic nitrogens is 2. The molecule has 0 aliphatic rings. The van der Waals surface area contributed by atoms with Gasteiger partial charge in [-0.3, -0.25) is 9.59 Å². The number of carbonyl (C=O) groups excluding carboxylic acids is 1. The van der Waals surface area contributed by atoms with Crippen molar-refractivity contribution in [3.63, 3.8) is 0 Å². The lowest BCUT2D eigenvalue weighted by atomic mass is 10.1. The molecule has 5 nitrogen and oxygen atoms in total. The first kappa shape index (κ1) is 16.4. The van der Waals surface area contributed by atoms with E-state index in [1.165, 1.54) is 11.3 Å². The molecule has 3 rings (SSSR count). The van der Waals surface area contributed by atoms with E-state index in [0.29, 0.717) is 16.0 Å².